The van der Waals surface area contributed by atoms with Gasteiger partial charge in [-0.25, -0.2) is 9.50 Å². The first-order valence-corrected chi connectivity index (χ1v) is 11.2. The second kappa shape index (κ2) is 9.31. The van der Waals surface area contributed by atoms with Gasteiger partial charge in [0.25, 0.3) is 0 Å². The van der Waals surface area contributed by atoms with Gasteiger partial charge in [0, 0.05) is 11.6 Å². The maximum Gasteiger partial charge on any atom is 0.154 e. The van der Waals surface area contributed by atoms with Crippen LogP contribution in [0.25, 0.3) is 16.9 Å². The summed E-state index contributed by atoms with van der Waals surface area (Å²) in [6, 6.07) is 21.8. The zero-order valence-corrected chi connectivity index (χ0v) is 18.2. The van der Waals surface area contributed by atoms with Crippen LogP contribution in [0.15, 0.2) is 66.9 Å². The second-order valence-corrected chi connectivity index (χ2v) is 8.38. The molecule has 0 amide bonds. The van der Waals surface area contributed by atoms with Gasteiger partial charge in [-0.1, -0.05) is 30.3 Å². The highest BCUT2D eigenvalue weighted by Gasteiger charge is 2.20. The summed E-state index contributed by atoms with van der Waals surface area (Å²) < 4.78 is 7.69. The van der Waals surface area contributed by atoms with Gasteiger partial charge in [-0.3, -0.25) is 0 Å². The molecule has 0 aliphatic heterocycles. The van der Waals surface area contributed by atoms with Crippen LogP contribution in [0.1, 0.15) is 36.8 Å². The van der Waals surface area contributed by atoms with E-state index in [2.05, 4.69) is 16.4 Å². The summed E-state index contributed by atoms with van der Waals surface area (Å²) in [5.41, 5.74) is 3.89. The fraction of sp³-hybridized carbons (Fsp3) is 0.269. The SMILES string of the molecule is N#Cc1cc(-c2cnc3ccc(N[C@H]4CC[C@H](O)CC4)nn23)ccc1OCc1ccccc1. The number of fused-ring (bicyclic) bond motifs is 1. The quantitative estimate of drug-likeness (QED) is 0.457. The monoisotopic (exact) mass is 439 g/mol. The molecular formula is C26H25N5O2. The molecule has 2 N–H and O–H groups in total. The number of nitrogens with zero attached hydrogens (tertiary/aromatic N) is 4. The number of aromatic nitrogens is 3. The number of benzene rings is 2. The van der Waals surface area contributed by atoms with E-state index < -0.39 is 0 Å². The Morgan fingerprint density at radius 1 is 1.06 bits per heavy atom. The van der Waals surface area contributed by atoms with Gasteiger partial charge < -0.3 is 15.2 Å². The molecule has 0 bridgehead atoms. The number of anilines is 1. The third-order valence-electron chi connectivity index (χ3n) is 6.04. The smallest absolute Gasteiger partial charge is 0.154 e. The van der Waals surface area contributed by atoms with Crippen molar-refractivity contribution < 1.29 is 9.84 Å². The molecule has 0 atom stereocenters. The summed E-state index contributed by atoms with van der Waals surface area (Å²) in [4.78, 5) is 4.47. The fourth-order valence-corrected chi connectivity index (χ4v) is 4.21. The predicted octanol–water partition coefficient (Wildman–Crippen LogP) is 4.56. The lowest BCUT2D eigenvalue weighted by atomic mass is 9.93. The van der Waals surface area contributed by atoms with Crippen molar-refractivity contribution in [3.63, 3.8) is 0 Å². The third-order valence-corrected chi connectivity index (χ3v) is 6.04. The van der Waals surface area contributed by atoms with Crippen LogP contribution < -0.4 is 10.1 Å². The lowest BCUT2D eigenvalue weighted by molar-refractivity contribution is 0.126. The molecule has 33 heavy (non-hydrogen) atoms. The normalized spacial score (nSPS) is 18.1. The zero-order valence-electron chi connectivity index (χ0n) is 18.2. The summed E-state index contributed by atoms with van der Waals surface area (Å²) in [5, 5.41) is 27.7. The van der Waals surface area contributed by atoms with Crippen molar-refractivity contribution in [1.29, 1.82) is 5.26 Å². The van der Waals surface area contributed by atoms with Gasteiger partial charge in [0.2, 0.25) is 0 Å². The minimum Gasteiger partial charge on any atom is -0.488 e. The molecule has 2 heterocycles. The molecule has 4 aromatic rings. The first kappa shape index (κ1) is 21.0. The molecular weight excluding hydrogens is 414 g/mol. The minimum absolute atomic E-state index is 0.187. The molecule has 0 radical (unpaired) electrons. The highest BCUT2D eigenvalue weighted by atomic mass is 16.5. The maximum atomic E-state index is 9.74. The molecule has 2 aromatic heterocycles. The Balaban J connectivity index is 1.38. The predicted molar refractivity (Wildman–Crippen MR) is 126 cm³/mol. The van der Waals surface area contributed by atoms with E-state index in [-0.39, 0.29) is 6.10 Å². The first-order valence-electron chi connectivity index (χ1n) is 11.2. The van der Waals surface area contributed by atoms with Gasteiger partial charge in [0.05, 0.1) is 23.6 Å². The Hall–Kier alpha value is -3.89. The van der Waals surface area contributed by atoms with Gasteiger partial charge in [0.15, 0.2) is 5.65 Å². The van der Waals surface area contributed by atoms with Crippen molar-refractivity contribution >= 4 is 11.5 Å². The van der Waals surface area contributed by atoms with Crippen LogP contribution in [-0.4, -0.2) is 31.9 Å². The number of aliphatic hydroxyl groups is 1. The van der Waals surface area contributed by atoms with Crippen molar-refractivity contribution in [2.24, 2.45) is 0 Å². The van der Waals surface area contributed by atoms with Gasteiger partial charge >= 0.3 is 0 Å². The average Bonchev–Trinajstić information content (AvgIpc) is 3.28. The van der Waals surface area contributed by atoms with E-state index in [0.29, 0.717) is 24.0 Å². The number of nitrogens with one attached hydrogen (secondary N) is 1. The summed E-state index contributed by atoms with van der Waals surface area (Å²) in [7, 11) is 0. The summed E-state index contributed by atoms with van der Waals surface area (Å²) >= 11 is 0. The molecule has 2 aromatic carbocycles. The number of imidazole rings is 1. The summed E-state index contributed by atoms with van der Waals surface area (Å²) in [5.74, 6) is 1.32. The minimum atomic E-state index is -0.187. The van der Waals surface area contributed by atoms with Crippen molar-refractivity contribution in [2.75, 3.05) is 5.32 Å². The van der Waals surface area contributed by atoms with Crippen molar-refractivity contribution in [3.8, 4) is 23.1 Å². The second-order valence-electron chi connectivity index (χ2n) is 8.38. The molecule has 1 aliphatic carbocycles. The number of nitriles is 1. The van der Waals surface area contributed by atoms with Crippen LogP contribution in [0.3, 0.4) is 0 Å². The zero-order chi connectivity index (χ0) is 22.6. The molecule has 1 fully saturated rings. The van der Waals surface area contributed by atoms with Crippen LogP contribution in [-0.2, 0) is 6.61 Å². The number of aliphatic hydroxyl groups excluding tert-OH is 1. The van der Waals surface area contributed by atoms with Crippen LogP contribution >= 0.6 is 0 Å². The lowest BCUT2D eigenvalue weighted by Gasteiger charge is -2.26. The molecule has 1 saturated carbocycles. The molecule has 5 rings (SSSR count). The van der Waals surface area contributed by atoms with Gasteiger partial charge in [-0.15, -0.1) is 5.10 Å². The van der Waals surface area contributed by atoms with Crippen molar-refractivity contribution in [1.82, 2.24) is 14.6 Å². The highest BCUT2D eigenvalue weighted by Crippen LogP contribution is 2.28. The van der Waals surface area contributed by atoms with Gasteiger partial charge in [-0.05, 0) is 61.6 Å². The van der Waals surface area contributed by atoms with Crippen LogP contribution in [0.2, 0.25) is 0 Å². The molecule has 7 heteroatoms. The van der Waals surface area contributed by atoms with Gasteiger partial charge in [0.1, 0.15) is 24.2 Å². The molecule has 0 saturated heterocycles. The van der Waals surface area contributed by atoms with E-state index in [0.717, 1.165) is 54.0 Å². The molecule has 166 valence electrons. The van der Waals surface area contributed by atoms with E-state index in [1.54, 1.807) is 10.7 Å². The Morgan fingerprint density at radius 3 is 2.67 bits per heavy atom. The Labute approximate surface area is 192 Å². The van der Waals surface area contributed by atoms with Crippen LogP contribution in [0.5, 0.6) is 5.75 Å². The van der Waals surface area contributed by atoms with Crippen molar-refractivity contribution in [3.05, 3.63) is 78.0 Å². The standard InChI is InChI=1S/C26H25N5O2/c27-15-20-14-19(6-11-24(20)33-17-18-4-2-1-3-5-18)23-16-28-26-13-12-25(30-31(23)26)29-21-7-9-22(32)10-8-21/h1-6,11-14,16,21-22,32H,7-10,17H2,(H,29,30)/t21-,22-. The lowest BCUT2D eigenvalue weighted by Crippen LogP contribution is -2.28. The molecule has 7 nitrogen and oxygen atoms in total. The Bertz CT molecular complexity index is 1290. The van der Waals surface area contributed by atoms with Crippen molar-refractivity contribution in [2.45, 2.75) is 44.4 Å². The van der Waals surface area contributed by atoms with E-state index in [1.807, 2.05) is 60.7 Å². The Kier molecular flexibility index (Phi) is 5.92. The average molecular weight is 440 g/mol. The highest BCUT2D eigenvalue weighted by molar-refractivity contribution is 5.67. The van der Waals surface area contributed by atoms with Crippen LogP contribution in [0.4, 0.5) is 5.82 Å². The summed E-state index contributed by atoms with van der Waals surface area (Å²) in [6.45, 7) is 0.402. The van der Waals surface area contributed by atoms with E-state index in [1.165, 1.54) is 0 Å². The van der Waals surface area contributed by atoms with Gasteiger partial charge in [-0.2, -0.15) is 5.26 Å². The van der Waals surface area contributed by atoms with Crippen LogP contribution in [0, 0.1) is 11.3 Å². The third kappa shape index (κ3) is 4.66. The molecule has 0 unspecified atom stereocenters. The maximum absolute atomic E-state index is 9.74. The topological polar surface area (TPSA) is 95.5 Å². The Morgan fingerprint density at radius 2 is 1.88 bits per heavy atom. The molecule has 0 spiro atoms. The molecule has 1 aliphatic rings. The van der Waals surface area contributed by atoms with E-state index in [4.69, 9.17) is 9.84 Å². The first-order chi connectivity index (χ1) is 16.2. The number of hydrogen-bond donors (Lipinski definition) is 2. The number of ether oxygens (including phenoxy) is 1. The fourth-order valence-electron chi connectivity index (χ4n) is 4.21. The largest absolute Gasteiger partial charge is 0.488 e. The van der Waals surface area contributed by atoms with E-state index >= 15 is 0 Å². The summed E-state index contributed by atoms with van der Waals surface area (Å²) in [6.07, 6.45) is 5.05. The number of rotatable bonds is 6. The number of hydrogen-bond acceptors (Lipinski definition) is 6. The van der Waals surface area contributed by atoms with E-state index in [9.17, 15) is 10.4 Å².